The normalized spacial score (nSPS) is 13.0. The highest BCUT2D eigenvalue weighted by Gasteiger charge is 2.11. The molecule has 2 aromatic rings. The summed E-state index contributed by atoms with van der Waals surface area (Å²) in [6.07, 6.45) is 3.61. The van der Waals surface area contributed by atoms with Crippen LogP contribution >= 0.6 is 0 Å². The number of nitrogens with one attached hydrogen (secondary N) is 1. The van der Waals surface area contributed by atoms with Crippen molar-refractivity contribution in [3.05, 3.63) is 41.8 Å². The monoisotopic (exact) mass is 304 g/mol. The molecule has 0 aliphatic carbocycles. The number of rotatable bonds is 8. The minimum absolute atomic E-state index is 0.212. The molecule has 2 N–H and O–H groups in total. The highest BCUT2D eigenvalue weighted by molar-refractivity contribution is 5.81. The van der Waals surface area contributed by atoms with Gasteiger partial charge >= 0.3 is 0 Å². The lowest BCUT2D eigenvalue weighted by molar-refractivity contribution is 0.239. The molecule has 0 amide bonds. The summed E-state index contributed by atoms with van der Waals surface area (Å²) in [5.41, 5.74) is 1.72. The Kier molecular flexibility index (Phi) is 6.28. The lowest BCUT2D eigenvalue weighted by Crippen LogP contribution is -2.24. The molecule has 1 aromatic carbocycles. The first-order valence-electron chi connectivity index (χ1n) is 7.95. The van der Waals surface area contributed by atoms with Gasteiger partial charge in [0, 0.05) is 24.7 Å². The van der Waals surface area contributed by atoms with Crippen molar-refractivity contribution in [2.75, 3.05) is 13.2 Å². The maximum atomic E-state index is 13.7. The lowest BCUT2D eigenvalue weighted by Gasteiger charge is -2.19. The molecule has 0 aliphatic heterocycles. The van der Waals surface area contributed by atoms with E-state index in [9.17, 15) is 4.39 Å². The highest BCUT2D eigenvalue weighted by atomic mass is 19.1. The number of nitrogens with zero attached hydrogens (tertiary/aromatic N) is 1. The second-order valence-electron chi connectivity index (χ2n) is 6.28. The average Bonchev–Trinajstić information content (AvgIpc) is 2.46. The van der Waals surface area contributed by atoms with Crippen molar-refractivity contribution >= 4 is 10.9 Å². The van der Waals surface area contributed by atoms with Crippen molar-refractivity contribution in [2.24, 2.45) is 11.8 Å². The van der Waals surface area contributed by atoms with E-state index in [0.29, 0.717) is 18.4 Å². The van der Waals surface area contributed by atoms with Gasteiger partial charge in [0.25, 0.3) is 0 Å². The van der Waals surface area contributed by atoms with E-state index in [1.54, 1.807) is 12.3 Å². The Morgan fingerprint density at radius 2 is 2.14 bits per heavy atom. The number of halogens is 1. The van der Waals surface area contributed by atoms with Gasteiger partial charge in [-0.25, -0.2) is 4.39 Å². The van der Waals surface area contributed by atoms with Gasteiger partial charge in [-0.1, -0.05) is 19.9 Å². The predicted octanol–water partition coefficient (Wildman–Crippen LogP) is 3.51. The molecule has 1 atom stereocenters. The molecule has 0 saturated carbocycles. The van der Waals surface area contributed by atoms with Crippen LogP contribution in [-0.2, 0) is 6.54 Å². The number of pyridine rings is 1. The fraction of sp³-hybridized carbons (Fsp3) is 0.500. The third-order valence-corrected chi connectivity index (χ3v) is 3.84. The molecule has 120 valence electrons. The molecule has 0 aliphatic rings. The van der Waals surface area contributed by atoms with E-state index in [-0.39, 0.29) is 12.4 Å². The topological polar surface area (TPSA) is 45.1 Å². The second-order valence-corrected chi connectivity index (χ2v) is 6.28. The van der Waals surface area contributed by atoms with Crippen LogP contribution in [0.15, 0.2) is 30.5 Å². The maximum absolute atomic E-state index is 13.7. The van der Waals surface area contributed by atoms with E-state index in [1.165, 1.54) is 6.07 Å². The first kappa shape index (κ1) is 16.8. The Morgan fingerprint density at radius 1 is 1.32 bits per heavy atom. The number of benzene rings is 1. The summed E-state index contributed by atoms with van der Waals surface area (Å²) in [6, 6.07) is 6.76. The van der Waals surface area contributed by atoms with E-state index < -0.39 is 0 Å². The molecule has 0 fully saturated rings. The molecule has 0 saturated heterocycles. The van der Waals surface area contributed by atoms with Gasteiger partial charge in [0.15, 0.2) is 0 Å². The van der Waals surface area contributed by atoms with Crippen LogP contribution in [0.25, 0.3) is 10.9 Å². The van der Waals surface area contributed by atoms with E-state index >= 15 is 0 Å². The third kappa shape index (κ3) is 4.75. The van der Waals surface area contributed by atoms with Crippen LogP contribution in [0.3, 0.4) is 0 Å². The van der Waals surface area contributed by atoms with Crippen molar-refractivity contribution in [1.82, 2.24) is 10.3 Å². The predicted molar refractivity (Wildman–Crippen MR) is 88.1 cm³/mol. The Hall–Kier alpha value is -1.52. The van der Waals surface area contributed by atoms with E-state index in [2.05, 4.69) is 24.1 Å². The summed E-state index contributed by atoms with van der Waals surface area (Å²) in [7, 11) is 0. The van der Waals surface area contributed by atoms with Crippen molar-refractivity contribution < 1.29 is 9.50 Å². The largest absolute Gasteiger partial charge is 0.396 e. The highest BCUT2D eigenvalue weighted by Crippen LogP contribution is 2.19. The van der Waals surface area contributed by atoms with Gasteiger partial charge < -0.3 is 10.4 Å². The fourth-order valence-corrected chi connectivity index (χ4v) is 2.93. The van der Waals surface area contributed by atoms with Crippen LogP contribution in [0.5, 0.6) is 0 Å². The number of fused-ring (bicyclic) bond motifs is 1. The van der Waals surface area contributed by atoms with Crippen LogP contribution in [0, 0.1) is 17.7 Å². The first-order valence-corrected chi connectivity index (χ1v) is 7.95. The van der Waals surface area contributed by atoms with Gasteiger partial charge in [-0.2, -0.15) is 0 Å². The van der Waals surface area contributed by atoms with Gasteiger partial charge in [-0.05, 0) is 55.0 Å². The summed E-state index contributed by atoms with van der Waals surface area (Å²) < 4.78 is 13.7. The summed E-state index contributed by atoms with van der Waals surface area (Å²) in [4.78, 5) is 4.36. The Labute approximate surface area is 131 Å². The summed E-state index contributed by atoms with van der Waals surface area (Å²) in [6.45, 7) is 6.00. The van der Waals surface area contributed by atoms with E-state index in [4.69, 9.17) is 5.11 Å². The molecule has 4 heteroatoms. The molecule has 0 radical (unpaired) electrons. The third-order valence-electron chi connectivity index (χ3n) is 3.84. The molecule has 1 heterocycles. The maximum Gasteiger partial charge on any atom is 0.124 e. The van der Waals surface area contributed by atoms with Gasteiger partial charge in [0.2, 0.25) is 0 Å². The van der Waals surface area contributed by atoms with Crippen LogP contribution in [-0.4, -0.2) is 23.2 Å². The van der Waals surface area contributed by atoms with Crippen LogP contribution in [0.4, 0.5) is 4.39 Å². The molecule has 0 bridgehead atoms. The number of aliphatic hydroxyl groups is 1. The molecule has 3 nitrogen and oxygen atoms in total. The van der Waals surface area contributed by atoms with Crippen molar-refractivity contribution in [3.8, 4) is 0 Å². The zero-order valence-electron chi connectivity index (χ0n) is 13.3. The number of hydrogen-bond acceptors (Lipinski definition) is 3. The SMILES string of the molecule is CC(C)CC(CCO)CNCc1cc(F)cc2cccnc12. The zero-order valence-corrected chi connectivity index (χ0v) is 13.3. The zero-order chi connectivity index (χ0) is 15.9. The van der Waals surface area contributed by atoms with E-state index in [0.717, 1.165) is 35.9 Å². The Bertz CT molecular complexity index is 601. The summed E-state index contributed by atoms with van der Waals surface area (Å²) in [5.74, 6) is 0.819. The summed E-state index contributed by atoms with van der Waals surface area (Å²) in [5, 5.41) is 13.4. The van der Waals surface area contributed by atoms with Gasteiger partial charge in [-0.15, -0.1) is 0 Å². The quantitative estimate of drug-likeness (QED) is 0.784. The average molecular weight is 304 g/mol. The van der Waals surface area contributed by atoms with Crippen LogP contribution in [0.1, 0.15) is 32.3 Å². The van der Waals surface area contributed by atoms with Crippen molar-refractivity contribution in [3.63, 3.8) is 0 Å². The Morgan fingerprint density at radius 3 is 2.86 bits per heavy atom. The fourth-order valence-electron chi connectivity index (χ4n) is 2.93. The number of aliphatic hydroxyl groups excluding tert-OH is 1. The second kappa shape index (κ2) is 8.20. The molecule has 1 aromatic heterocycles. The van der Waals surface area contributed by atoms with Crippen molar-refractivity contribution in [2.45, 2.75) is 33.2 Å². The van der Waals surface area contributed by atoms with Gasteiger partial charge in [0.1, 0.15) is 5.82 Å². The van der Waals surface area contributed by atoms with Crippen LogP contribution < -0.4 is 5.32 Å². The molecular weight excluding hydrogens is 279 g/mol. The molecule has 0 spiro atoms. The molecule has 22 heavy (non-hydrogen) atoms. The standard InChI is InChI=1S/C18H25FN2O/c1-13(2)8-14(5-7-22)11-20-12-16-10-17(19)9-15-4-3-6-21-18(15)16/h3-4,6,9-10,13-14,20,22H,5,7-8,11-12H2,1-2H3. The number of aromatic nitrogens is 1. The Balaban J connectivity index is 2.02. The molecule has 2 rings (SSSR count). The summed E-state index contributed by atoms with van der Waals surface area (Å²) >= 11 is 0. The molecular formula is C18H25FN2O. The van der Waals surface area contributed by atoms with Crippen molar-refractivity contribution in [1.29, 1.82) is 0 Å². The number of hydrogen-bond donors (Lipinski definition) is 2. The lowest BCUT2D eigenvalue weighted by atomic mass is 9.94. The van der Waals surface area contributed by atoms with Gasteiger partial charge in [0.05, 0.1) is 5.52 Å². The smallest absolute Gasteiger partial charge is 0.124 e. The van der Waals surface area contributed by atoms with E-state index in [1.807, 2.05) is 12.1 Å². The van der Waals surface area contributed by atoms with Gasteiger partial charge in [-0.3, -0.25) is 4.98 Å². The van der Waals surface area contributed by atoms with Crippen LogP contribution in [0.2, 0.25) is 0 Å². The minimum Gasteiger partial charge on any atom is -0.396 e. The minimum atomic E-state index is -0.230. The first-order chi connectivity index (χ1) is 10.6. The molecule has 1 unspecified atom stereocenters.